The van der Waals surface area contributed by atoms with Crippen molar-refractivity contribution in [3.63, 3.8) is 0 Å². The minimum atomic E-state index is 0.0667. The monoisotopic (exact) mass is 517 g/mol. The highest BCUT2D eigenvalue weighted by molar-refractivity contribution is 7.99. The fourth-order valence-corrected chi connectivity index (χ4v) is 4.50. The van der Waals surface area contributed by atoms with E-state index in [1.165, 1.54) is 11.8 Å². The Bertz CT molecular complexity index is 1040. The summed E-state index contributed by atoms with van der Waals surface area (Å²) in [4.78, 5) is 1.25. The van der Waals surface area contributed by atoms with E-state index in [4.69, 9.17) is 36.3 Å². The molecule has 2 rings (SSSR count). The second kappa shape index (κ2) is 16.1. The molecule has 0 aliphatic carbocycles. The van der Waals surface area contributed by atoms with E-state index in [0.29, 0.717) is 50.2 Å². The highest BCUT2D eigenvalue weighted by Gasteiger charge is 2.27. The van der Waals surface area contributed by atoms with Crippen molar-refractivity contribution in [2.24, 2.45) is 0 Å². The second-order valence-electron chi connectivity index (χ2n) is 7.42. The summed E-state index contributed by atoms with van der Waals surface area (Å²) in [6.45, 7) is 7.16. The molecule has 0 bridgehead atoms. The summed E-state index contributed by atoms with van der Waals surface area (Å²) in [7, 11) is 0. The van der Waals surface area contributed by atoms with E-state index < -0.39 is 0 Å². The Labute approximate surface area is 217 Å². The van der Waals surface area contributed by atoms with Gasteiger partial charge in [-0.2, -0.15) is 10.5 Å². The Balaban J connectivity index is 2.40. The minimum Gasteiger partial charge on any atom is -0.491 e. The number of unbranched alkanes of at least 4 members (excludes halogenated alkanes) is 2. The molecule has 0 spiro atoms. The fraction of sp³-hybridized carbons (Fsp3) is 0.462. The molecule has 0 aliphatic heterocycles. The zero-order valence-corrected chi connectivity index (χ0v) is 21.8. The van der Waals surface area contributed by atoms with Gasteiger partial charge in [-0.3, -0.25) is 0 Å². The van der Waals surface area contributed by atoms with Crippen molar-refractivity contribution in [2.75, 3.05) is 45.4 Å². The lowest BCUT2D eigenvalue weighted by Crippen LogP contribution is -2.08. The van der Waals surface area contributed by atoms with Crippen LogP contribution in [0.25, 0.3) is 0 Å². The maximum Gasteiger partial charge on any atom is 0.158 e. The quantitative estimate of drug-likeness (QED) is 0.207. The number of nitrogen functional groups attached to an aromatic ring is 1. The first kappa shape index (κ1) is 28.6. The topological polar surface area (TPSA) is 111 Å². The maximum atomic E-state index is 9.98. The van der Waals surface area contributed by atoms with Crippen LogP contribution in [0.2, 0.25) is 5.02 Å². The average Bonchev–Trinajstić information content (AvgIpc) is 2.87. The van der Waals surface area contributed by atoms with Gasteiger partial charge in [-0.15, -0.1) is 0 Å². The molecule has 0 unspecified atom stereocenters. The molecule has 0 aliphatic rings. The molecule has 0 saturated heterocycles. The predicted octanol–water partition coefficient (Wildman–Crippen LogP) is 6.21. The molecule has 2 N–H and O–H groups in total. The van der Waals surface area contributed by atoms with Crippen molar-refractivity contribution in [2.45, 2.75) is 49.3 Å². The van der Waals surface area contributed by atoms with Gasteiger partial charge in [0.25, 0.3) is 0 Å². The smallest absolute Gasteiger partial charge is 0.158 e. The van der Waals surface area contributed by atoms with E-state index in [2.05, 4.69) is 12.1 Å². The van der Waals surface area contributed by atoms with Gasteiger partial charge in [0.15, 0.2) is 11.5 Å². The number of para-hydroxylation sites is 1. The molecular formula is C26H32ClN3O4S. The summed E-state index contributed by atoms with van der Waals surface area (Å²) in [6.07, 6.45) is 3.06. The standard InChI is InChI=1S/C26H32ClN3O4S/c1-3-31-13-7-9-15-33-24-19(17-28)20(18-29)25(34-16-10-8-14-32-4-2)26(23(24)27)35-22-12-6-5-11-21(22)30/h5-6,11-12H,3-4,7-10,13-16,30H2,1-2H3. The number of rotatable bonds is 16. The molecule has 0 aromatic heterocycles. The first-order valence-electron chi connectivity index (χ1n) is 11.7. The van der Waals surface area contributed by atoms with E-state index in [-0.39, 0.29) is 27.6 Å². The molecule has 7 nitrogen and oxygen atoms in total. The van der Waals surface area contributed by atoms with Crippen LogP contribution < -0.4 is 15.2 Å². The third-order valence-electron chi connectivity index (χ3n) is 4.93. The van der Waals surface area contributed by atoms with Crippen molar-refractivity contribution >= 4 is 29.1 Å². The van der Waals surface area contributed by atoms with Crippen LogP contribution in [0, 0.1) is 22.7 Å². The number of nitriles is 2. The Kier molecular flexibility index (Phi) is 13.2. The zero-order chi connectivity index (χ0) is 25.5. The van der Waals surface area contributed by atoms with Crippen molar-refractivity contribution in [3.05, 3.63) is 40.4 Å². The van der Waals surface area contributed by atoms with E-state index >= 15 is 0 Å². The molecule has 0 radical (unpaired) electrons. The van der Waals surface area contributed by atoms with Gasteiger partial charge in [0.05, 0.1) is 18.1 Å². The van der Waals surface area contributed by atoms with Gasteiger partial charge in [0, 0.05) is 37.0 Å². The van der Waals surface area contributed by atoms with Crippen molar-refractivity contribution in [1.29, 1.82) is 10.5 Å². The number of halogens is 1. The van der Waals surface area contributed by atoms with Crippen molar-refractivity contribution in [3.8, 4) is 23.6 Å². The Morgan fingerprint density at radius 1 is 0.829 bits per heavy atom. The first-order valence-corrected chi connectivity index (χ1v) is 12.9. The number of nitrogens with two attached hydrogens (primary N) is 1. The molecule has 0 atom stereocenters. The SMILES string of the molecule is CCOCCCCOc1c(Cl)c(Sc2ccccc2N)c(OCCCCOCC)c(C#N)c1C#N. The van der Waals surface area contributed by atoms with Gasteiger partial charge < -0.3 is 24.7 Å². The lowest BCUT2D eigenvalue weighted by atomic mass is 10.1. The van der Waals surface area contributed by atoms with E-state index in [1.807, 2.05) is 32.0 Å². The number of hydrogen-bond donors (Lipinski definition) is 1. The summed E-state index contributed by atoms with van der Waals surface area (Å²) in [5, 5.41) is 20.1. The summed E-state index contributed by atoms with van der Waals surface area (Å²) >= 11 is 8.09. The fourth-order valence-electron chi connectivity index (χ4n) is 3.16. The molecule has 9 heteroatoms. The highest BCUT2D eigenvalue weighted by atomic mass is 35.5. The number of hydrogen-bond acceptors (Lipinski definition) is 8. The van der Waals surface area contributed by atoms with Crippen LogP contribution >= 0.6 is 23.4 Å². The maximum absolute atomic E-state index is 9.98. The van der Waals surface area contributed by atoms with Crippen LogP contribution in [0.15, 0.2) is 34.1 Å². The van der Waals surface area contributed by atoms with Gasteiger partial charge in [-0.25, -0.2) is 0 Å². The summed E-state index contributed by atoms with van der Waals surface area (Å²) in [6, 6.07) is 11.6. The van der Waals surface area contributed by atoms with Crippen LogP contribution in [0.5, 0.6) is 11.5 Å². The number of nitrogens with zero attached hydrogens (tertiary/aromatic N) is 2. The van der Waals surface area contributed by atoms with Crippen molar-refractivity contribution in [1.82, 2.24) is 0 Å². The molecule has 0 fully saturated rings. The highest BCUT2D eigenvalue weighted by Crippen LogP contribution is 2.49. The molecule has 35 heavy (non-hydrogen) atoms. The molecule has 0 heterocycles. The largest absolute Gasteiger partial charge is 0.491 e. The number of ether oxygens (including phenoxy) is 4. The number of anilines is 1. The molecule has 0 saturated carbocycles. The Hall–Kier alpha value is -2.62. The molecular weight excluding hydrogens is 486 g/mol. The summed E-state index contributed by atoms with van der Waals surface area (Å²) in [5.74, 6) is 0.449. The van der Waals surface area contributed by atoms with E-state index in [1.54, 1.807) is 6.07 Å². The minimum absolute atomic E-state index is 0.0667. The second-order valence-corrected chi connectivity index (χ2v) is 8.85. The van der Waals surface area contributed by atoms with Crippen LogP contribution in [0.1, 0.15) is 50.7 Å². The summed E-state index contributed by atoms with van der Waals surface area (Å²) in [5.41, 5.74) is 6.89. The van der Waals surface area contributed by atoms with E-state index in [0.717, 1.165) is 30.6 Å². The van der Waals surface area contributed by atoms with Gasteiger partial charge in [0.1, 0.15) is 28.3 Å². The summed E-state index contributed by atoms with van der Waals surface area (Å²) < 4.78 is 22.7. The molecule has 0 amide bonds. The van der Waals surface area contributed by atoms with Gasteiger partial charge in [-0.05, 0) is 51.7 Å². The van der Waals surface area contributed by atoms with Gasteiger partial charge >= 0.3 is 0 Å². The van der Waals surface area contributed by atoms with E-state index in [9.17, 15) is 10.5 Å². The molecule has 188 valence electrons. The van der Waals surface area contributed by atoms with Crippen LogP contribution in [0.3, 0.4) is 0 Å². The normalized spacial score (nSPS) is 10.5. The average molecular weight is 518 g/mol. The van der Waals surface area contributed by atoms with Gasteiger partial charge in [0.2, 0.25) is 0 Å². The third kappa shape index (κ3) is 8.52. The number of benzene rings is 2. The zero-order valence-electron chi connectivity index (χ0n) is 20.3. The lowest BCUT2D eigenvalue weighted by Gasteiger charge is -2.19. The first-order chi connectivity index (χ1) is 17.1. The Morgan fingerprint density at radius 2 is 1.34 bits per heavy atom. The van der Waals surface area contributed by atoms with Crippen LogP contribution in [0.4, 0.5) is 5.69 Å². The Morgan fingerprint density at radius 3 is 1.89 bits per heavy atom. The predicted molar refractivity (Wildman–Crippen MR) is 138 cm³/mol. The van der Waals surface area contributed by atoms with Gasteiger partial charge in [-0.1, -0.05) is 35.5 Å². The van der Waals surface area contributed by atoms with Crippen molar-refractivity contribution < 1.29 is 18.9 Å². The third-order valence-corrected chi connectivity index (χ3v) is 6.59. The molecule has 2 aromatic carbocycles. The van der Waals surface area contributed by atoms with Crippen LogP contribution in [-0.4, -0.2) is 39.6 Å². The van der Waals surface area contributed by atoms with Crippen LogP contribution in [-0.2, 0) is 9.47 Å². The lowest BCUT2D eigenvalue weighted by molar-refractivity contribution is 0.138. The molecule has 2 aromatic rings.